The summed E-state index contributed by atoms with van der Waals surface area (Å²) in [5.74, 6) is -0.236. The lowest BCUT2D eigenvalue weighted by molar-refractivity contribution is -0.119. The normalized spacial score (nSPS) is 16.3. The number of azo groups is 1. The molecule has 1 aromatic heterocycles. The molecular weight excluding hydrogens is 384 g/mol. The zero-order chi connectivity index (χ0) is 20.1. The SMILES string of the molecule is O=C(Nc1ccc(N=Nc2ccccc2)cc1)[C@@H]1CCCN1C(=O)c1cccs1. The van der Waals surface area contributed by atoms with Gasteiger partial charge in [0, 0.05) is 12.2 Å². The Morgan fingerprint density at radius 2 is 1.66 bits per heavy atom. The summed E-state index contributed by atoms with van der Waals surface area (Å²) in [7, 11) is 0. The number of likely N-dealkylation sites (tertiary alicyclic amines) is 1. The topological polar surface area (TPSA) is 74.1 Å². The largest absolute Gasteiger partial charge is 0.326 e. The highest BCUT2D eigenvalue weighted by Crippen LogP contribution is 2.24. The van der Waals surface area contributed by atoms with Crippen LogP contribution in [0, 0.1) is 0 Å². The smallest absolute Gasteiger partial charge is 0.264 e. The molecule has 7 heteroatoms. The molecule has 0 spiro atoms. The molecule has 1 aliphatic heterocycles. The minimum absolute atomic E-state index is 0.0747. The number of nitrogens with one attached hydrogen (secondary N) is 1. The lowest BCUT2D eigenvalue weighted by Crippen LogP contribution is -2.42. The maximum Gasteiger partial charge on any atom is 0.264 e. The summed E-state index contributed by atoms with van der Waals surface area (Å²) in [5.41, 5.74) is 2.15. The number of amides is 2. The van der Waals surface area contributed by atoms with Gasteiger partial charge in [0.15, 0.2) is 0 Å². The second-order valence-corrected chi connectivity index (χ2v) is 7.65. The van der Waals surface area contributed by atoms with E-state index in [1.807, 2.05) is 41.8 Å². The Morgan fingerprint density at radius 1 is 0.931 bits per heavy atom. The number of anilines is 1. The first-order chi connectivity index (χ1) is 14.2. The molecular formula is C22H20N4O2S. The van der Waals surface area contributed by atoms with Crippen molar-refractivity contribution in [2.45, 2.75) is 18.9 Å². The van der Waals surface area contributed by atoms with Gasteiger partial charge < -0.3 is 10.2 Å². The molecule has 1 N–H and O–H groups in total. The molecule has 1 atom stereocenters. The van der Waals surface area contributed by atoms with E-state index in [4.69, 9.17) is 0 Å². The molecule has 0 bridgehead atoms. The molecule has 2 amide bonds. The van der Waals surface area contributed by atoms with Crippen LogP contribution in [0.4, 0.5) is 17.1 Å². The van der Waals surface area contributed by atoms with Gasteiger partial charge in [0.1, 0.15) is 6.04 Å². The quantitative estimate of drug-likeness (QED) is 0.578. The number of carbonyl (C=O) groups excluding carboxylic acids is 2. The van der Waals surface area contributed by atoms with E-state index in [-0.39, 0.29) is 11.8 Å². The van der Waals surface area contributed by atoms with Crippen molar-refractivity contribution in [3.8, 4) is 0 Å². The predicted octanol–water partition coefficient (Wildman–Crippen LogP) is 5.41. The third kappa shape index (κ3) is 4.57. The standard InChI is InChI=1S/C22H20N4O2S/c27-21(19-8-4-14-26(19)22(28)20-9-5-15-29-20)23-16-10-12-18(13-11-16)25-24-17-6-2-1-3-7-17/h1-3,5-7,9-13,15,19H,4,8,14H2,(H,23,27)/t19-/m0/s1. The van der Waals surface area contributed by atoms with Gasteiger partial charge in [-0.3, -0.25) is 9.59 Å². The molecule has 1 aliphatic rings. The van der Waals surface area contributed by atoms with E-state index in [1.165, 1.54) is 11.3 Å². The van der Waals surface area contributed by atoms with Gasteiger partial charge in [0.25, 0.3) is 5.91 Å². The van der Waals surface area contributed by atoms with Crippen LogP contribution in [0.15, 0.2) is 82.3 Å². The van der Waals surface area contributed by atoms with Gasteiger partial charge in [-0.1, -0.05) is 24.3 Å². The molecule has 0 saturated carbocycles. The van der Waals surface area contributed by atoms with Crippen LogP contribution in [-0.2, 0) is 4.79 Å². The Kier molecular flexibility index (Phi) is 5.76. The van der Waals surface area contributed by atoms with Gasteiger partial charge in [-0.2, -0.15) is 10.2 Å². The molecule has 1 fully saturated rings. The van der Waals surface area contributed by atoms with Crippen molar-refractivity contribution < 1.29 is 9.59 Å². The number of rotatable bonds is 5. The molecule has 0 unspecified atom stereocenters. The summed E-state index contributed by atoms with van der Waals surface area (Å²) < 4.78 is 0. The Bertz CT molecular complexity index is 1000. The molecule has 2 aromatic carbocycles. The number of nitrogens with zero attached hydrogens (tertiary/aromatic N) is 3. The van der Waals surface area contributed by atoms with Crippen LogP contribution in [-0.4, -0.2) is 29.3 Å². The number of hydrogen-bond donors (Lipinski definition) is 1. The molecule has 2 heterocycles. The van der Waals surface area contributed by atoms with Crippen molar-refractivity contribution in [2.24, 2.45) is 10.2 Å². The van der Waals surface area contributed by atoms with Crippen molar-refractivity contribution in [1.29, 1.82) is 0 Å². The second kappa shape index (κ2) is 8.79. The number of carbonyl (C=O) groups is 2. The molecule has 146 valence electrons. The van der Waals surface area contributed by atoms with Crippen LogP contribution in [0.5, 0.6) is 0 Å². The van der Waals surface area contributed by atoms with Gasteiger partial charge in [-0.15, -0.1) is 11.3 Å². The maximum absolute atomic E-state index is 12.8. The van der Waals surface area contributed by atoms with E-state index >= 15 is 0 Å². The maximum atomic E-state index is 12.8. The van der Waals surface area contributed by atoms with Crippen LogP contribution >= 0.6 is 11.3 Å². The van der Waals surface area contributed by atoms with E-state index in [2.05, 4.69) is 15.5 Å². The minimum atomic E-state index is -0.443. The number of hydrogen-bond acceptors (Lipinski definition) is 5. The second-order valence-electron chi connectivity index (χ2n) is 6.71. The monoisotopic (exact) mass is 404 g/mol. The van der Waals surface area contributed by atoms with Crippen molar-refractivity contribution in [3.05, 3.63) is 77.0 Å². The van der Waals surface area contributed by atoms with Crippen LogP contribution in [0.3, 0.4) is 0 Å². The van der Waals surface area contributed by atoms with Crippen molar-refractivity contribution in [2.75, 3.05) is 11.9 Å². The summed E-state index contributed by atoms with van der Waals surface area (Å²) in [6, 6.07) is 19.9. The molecule has 0 aliphatic carbocycles. The van der Waals surface area contributed by atoms with Gasteiger partial charge in [-0.05, 0) is 60.7 Å². The van der Waals surface area contributed by atoms with Crippen LogP contribution < -0.4 is 5.32 Å². The summed E-state index contributed by atoms with van der Waals surface area (Å²) in [6.07, 6.45) is 1.50. The molecule has 6 nitrogen and oxygen atoms in total. The van der Waals surface area contributed by atoms with E-state index in [0.717, 1.165) is 12.1 Å². The molecule has 4 rings (SSSR count). The number of benzene rings is 2. The zero-order valence-corrected chi connectivity index (χ0v) is 16.5. The van der Waals surface area contributed by atoms with Crippen LogP contribution in [0.25, 0.3) is 0 Å². The third-order valence-electron chi connectivity index (χ3n) is 4.72. The fourth-order valence-electron chi connectivity index (χ4n) is 3.27. The Balaban J connectivity index is 1.39. The van der Waals surface area contributed by atoms with E-state index in [1.54, 1.807) is 35.2 Å². The average molecular weight is 404 g/mol. The van der Waals surface area contributed by atoms with E-state index in [0.29, 0.717) is 29.2 Å². The van der Waals surface area contributed by atoms with Gasteiger partial charge in [0.2, 0.25) is 5.91 Å². The summed E-state index contributed by atoms with van der Waals surface area (Å²) in [4.78, 5) is 27.7. The third-order valence-corrected chi connectivity index (χ3v) is 5.58. The highest BCUT2D eigenvalue weighted by molar-refractivity contribution is 7.12. The predicted molar refractivity (Wildman–Crippen MR) is 114 cm³/mol. The molecule has 29 heavy (non-hydrogen) atoms. The highest BCUT2D eigenvalue weighted by Gasteiger charge is 2.34. The highest BCUT2D eigenvalue weighted by atomic mass is 32.1. The van der Waals surface area contributed by atoms with Gasteiger partial charge >= 0.3 is 0 Å². The van der Waals surface area contributed by atoms with Crippen molar-refractivity contribution in [1.82, 2.24) is 4.90 Å². The summed E-state index contributed by atoms with van der Waals surface area (Å²) >= 11 is 1.40. The van der Waals surface area contributed by atoms with Crippen LogP contribution in [0.2, 0.25) is 0 Å². The van der Waals surface area contributed by atoms with Crippen LogP contribution in [0.1, 0.15) is 22.5 Å². The lowest BCUT2D eigenvalue weighted by atomic mass is 10.2. The van der Waals surface area contributed by atoms with Crippen molar-refractivity contribution in [3.63, 3.8) is 0 Å². The Labute approximate surface area is 172 Å². The minimum Gasteiger partial charge on any atom is -0.326 e. The molecule has 0 radical (unpaired) electrons. The Morgan fingerprint density at radius 3 is 2.34 bits per heavy atom. The summed E-state index contributed by atoms with van der Waals surface area (Å²) in [5, 5.41) is 13.2. The number of thiophene rings is 1. The first-order valence-corrected chi connectivity index (χ1v) is 10.3. The fourth-order valence-corrected chi connectivity index (χ4v) is 3.95. The Hall–Kier alpha value is -3.32. The van der Waals surface area contributed by atoms with Gasteiger partial charge in [-0.25, -0.2) is 0 Å². The lowest BCUT2D eigenvalue weighted by Gasteiger charge is -2.23. The fraction of sp³-hybridized carbons (Fsp3) is 0.182. The van der Waals surface area contributed by atoms with Gasteiger partial charge in [0.05, 0.1) is 16.3 Å². The van der Waals surface area contributed by atoms with E-state index < -0.39 is 6.04 Å². The summed E-state index contributed by atoms with van der Waals surface area (Å²) in [6.45, 7) is 0.605. The van der Waals surface area contributed by atoms with Crippen molar-refractivity contribution >= 4 is 40.2 Å². The first-order valence-electron chi connectivity index (χ1n) is 9.43. The molecule has 1 saturated heterocycles. The zero-order valence-electron chi connectivity index (χ0n) is 15.7. The first kappa shape index (κ1) is 19.0. The average Bonchev–Trinajstić information content (AvgIpc) is 3.46. The molecule has 3 aromatic rings. The van der Waals surface area contributed by atoms with E-state index in [9.17, 15) is 9.59 Å².